The summed E-state index contributed by atoms with van der Waals surface area (Å²) in [5, 5.41) is 9.74. The van der Waals surface area contributed by atoms with Crippen LogP contribution in [0.3, 0.4) is 0 Å². The lowest BCUT2D eigenvalue weighted by molar-refractivity contribution is -0.117. The molecule has 2 amide bonds. The zero-order chi connectivity index (χ0) is 18.8. The Kier molecular flexibility index (Phi) is 4.97. The monoisotopic (exact) mass is 356 g/mol. The van der Waals surface area contributed by atoms with Crippen molar-refractivity contribution in [3.05, 3.63) is 36.2 Å². The molecule has 1 aliphatic rings. The minimum absolute atomic E-state index is 0.0157. The van der Waals surface area contributed by atoms with Gasteiger partial charge < -0.3 is 15.0 Å². The highest BCUT2D eigenvalue weighted by molar-refractivity contribution is 5.94. The summed E-state index contributed by atoms with van der Waals surface area (Å²) >= 11 is 0. The van der Waals surface area contributed by atoms with Crippen LogP contribution in [0.4, 0.5) is 10.5 Å². The molecule has 0 spiro atoms. The molecule has 0 fully saturated rings. The van der Waals surface area contributed by atoms with E-state index in [1.165, 1.54) is 0 Å². The van der Waals surface area contributed by atoms with E-state index in [9.17, 15) is 9.59 Å². The molecule has 2 heterocycles. The van der Waals surface area contributed by atoms with Gasteiger partial charge in [0.25, 0.3) is 0 Å². The number of aromatic nitrogens is 2. The first-order chi connectivity index (χ1) is 12.4. The number of rotatable bonds is 3. The van der Waals surface area contributed by atoms with Crippen LogP contribution in [0, 0.1) is 0 Å². The average Bonchev–Trinajstić information content (AvgIpc) is 3.07. The summed E-state index contributed by atoms with van der Waals surface area (Å²) in [6.07, 6.45) is 3.53. The summed E-state index contributed by atoms with van der Waals surface area (Å²) in [6, 6.07) is 5.64. The van der Waals surface area contributed by atoms with Gasteiger partial charge in [-0.25, -0.2) is 4.79 Å². The predicted octanol–water partition coefficient (Wildman–Crippen LogP) is 3.40. The minimum atomic E-state index is -0.451. The first-order valence-electron chi connectivity index (χ1n) is 8.77. The van der Waals surface area contributed by atoms with Crippen LogP contribution in [0.2, 0.25) is 0 Å². The van der Waals surface area contributed by atoms with Gasteiger partial charge in [-0.15, -0.1) is 0 Å². The van der Waals surface area contributed by atoms with Crippen molar-refractivity contribution >= 4 is 17.7 Å². The van der Waals surface area contributed by atoms with Crippen LogP contribution in [-0.4, -0.2) is 34.3 Å². The van der Waals surface area contributed by atoms with E-state index < -0.39 is 6.09 Å². The summed E-state index contributed by atoms with van der Waals surface area (Å²) in [7, 11) is 0. The quantitative estimate of drug-likeness (QED) is 0.882. The van der Waals surface area contributed by atoms with Crippen molar-refractivity contribution < 1.29 is 14.3 Å². The Morgan fingerprint density at radius 1 is 1.35 bits per heavy atom. The number of hydrogen-bond donors (Lipinski definition) is 2. The molecule has 1 aliphatic heterocycles. The summed E-state index contributed by atoms with van der Waals surface area (Å²) in [5.41, 5.74) is 3.64. The van der Waals surface area contributed by atoms with Crippen LogP contribution in [0.15, 0.2) is 30.6 Å². The van der Waals surface area contributed by atoms with Crippen LogP contribution in [-0.2, 0) is 9.53 Å². The lowest BCUT2D eigenvalue weighted by atomic mass is 9.89. The van der Waals surface area contributed by atoms with Gasteiger partial charge in [0, 0.05) is 30.4 Å². The molecule has 138 valence electrons. The molecule has 3 rings (SSSR count). The highest BCUT2D eigenvalue weighted by Crippen LogP contribution is 2.39. The van der Waals surface area contributed by atoms with E-state index in [0.717, 1.165) is 22.4 Å². The first-order valence-corrected chi connectivity index (χ1v) is 8.77. The molecule has 1 aromatic carbocycles. The highest BCUT2D eigenvalue weighted by Gasteiger charge is 2.33. The molecule has 26 heavy (non-hydrogen) atoms. The largest absolute Gasteiger partial charge is 0.447 e. The molecule has 0 aliphatic carbocycles. The number of aromatic amines is 1. The number of fused-ring (bicyclic) bond motifs is 1. The van der Waals surface area contributed by atoms with Gasteiger partial charge in [-0.1, -0.05) is 6.07 Å². The van der Waals surface area contributed by atoms with E-state index in [0.29, 0.717) is 6.42 Å². The zero-order valence-electron chi connectivity index (χ0n) is 15.4. The van der Waals surface area contributed by atoms with Crippen LogP contribution in [0.1, 0.15) is 45.7 Å². The lowest BCUT2D eigenvalue weighted by Gasteiger charge is -2.39. The van der Waals surface area contributed by atoms with Gasteiger partial charge >= 0.3 is 6.09 Å². The Bertz CT molecular complexity index is 801. The number of carbonyl (C=O) groups excluding carboxylic acids is 2. The van der Waals surface area contributed by atoms with Crippen molar-refractivity contribution in [3.63, 3.8) is 0 Å². The maximum absolute atomic E-state index is 12.2. The van der Waals surface area contributed by atoms with Crippen molar-refractivity contribution in [3.8, 4) is 11.1 Å². The number of hydrogen-bond acceptors (Lipinski definition) is 4. The SMILES string of the molecule is CC(=O)N1c2ccc(-c3cn[nH]c3)cc2[C@H](NC(=O)OC(C)C)C[C@@H]1C. The van der Waals surface area contributed by atoms with Crippen LogP contribution in [0.5, 0.6) is 0 Å². The van der Waals surface area contributed by atoms with E-state index in [1.807, 2.05) is 45.2 Å². The van der Waals surface area contributed by atoms with Gasteiger partial charge in [0.05, 0.1) is 18.3 Å². The maximum Gasteiger partial charge on any atom is 0.407 e. The van der Waals surface area contributed by atoms with Gasteiger partial charge in [0.1, 0.15) is 0 Å². The number of benzene rings is 1. The molecule has 2 aromatic rings. The summed E-state index contributed by atoms with van der Waals surface area (Å²) in [6.45, 7) is 7.17. The van der Waals surface area contributed by atoms with E-state index in [4.69, 9.17) is 4.74 Å². The fraction of sp³-hybridized carbons (Fsp3) is 0.421. The average molecular weight is 356 g/mol. The number of carbonyl (C=O) groups is 2. The van der Waals surface area contributed by atoms with Crippen LogP contribution in [0.25, 0.3) is 11.1 Å². The molecule has 7 heteroatoms. The Balaban J connectivity index is 2.00. The lowest BCUT2D eigenvalue weighted by Crippen LogP contribution is -2.45. The van der Waals surface area contributed by atoms with Crippen molar-refractivity contribution in [1.82, 2.24) is 15.5 Å². The highest BCUT2D eigenvalue weighted by atomic mass is 16.6. The van der Waals surface area contributed by atoms with E-state index in [-0.39, 0.29) is 24.1 Å². The van der Waals surface area contributed by atoms with Gasteiger partial charge in [0.15, 0.2) is 0 Å². The van der Waals surface area contributed by atoms with Crippen molar-refractivity contribution in [1.29, 1.82) is 0 Å². The molecule has 0 radical (unpaired) electrons. The standard InChI is InChI=1S/C19H24N4O3/c1-11(2)26-19(25)22-17-7-12(3)23(13(4)24)18-6-5-14(8-16(17)18)15-9-20-21-10-15/h5-6,8-12,17H,7H2,1-4H3,(H,20,21)(H,22,25)/t12-,17+/m0/s1. The minimum Gasteiger partial charge on any atom is -0.447 e. The summed E-state index contributed by atoms with van der Waals surface area (Å²) in [4.78, 5) is 26.1. The molecular formula is C19H24N4O3. The molecule has 1 aromatic heterocycles. The van der Waals surface area contributed by atoms with Gasteiger partial charge in [-0.2, -0.15) is 5.10 Å². The predicted molar refractivity (Wildman–Crippen MR) is 98.8 cm³/mol. The number of nitrogens with zero attached hydrogens (tertiary/aromatic N) is 2. The summed E-state index contributed by atoms with van der Waals surface area (Å²) < 4.78 is 5.23. The van der Waals surface area contributed by atoms with Crippen LogP contribution < -0.4 is 10.2 Å². The molecule has 2 N–H and O–H groups in total. The molecule has 0 unspecified atom stereocenters. The fourth-order valence-corrected chi connectivity index (χ4v) is 3.46. The van der Waals surface area contributed by atoms with E-state index in [2.05, 4.69) is 15.5 Å². The van der Waals surface area contributed by atoms with Crippen molar-refractivity contribution in [2.75, 3.05) is 4.90 Å². The number of nitrogens with one attached hydrogen (secondary N) is 2. The van der Waals surface area contributed by atoms with E-state index >= 15 is 0 Å². The second kappa shape index (κ2) is 7.19. The van der Waals surface area contributed by atoms with Crippen LogP contribution >= 0.6 is 0 Å². The Morgan fingerprint density at radius 2 is 2.12 bits per heavy atom. The van der Waals surface area contributed by atoms with Gasteiger partial charge in [-0.05, 0) is 50.5 Å². The van der Waals surface area contributed by atoms with Crippen molar-refractivity contribution in [2.45, 2.75) is 52.3 Å². The first kappa shape index (κ1) is 18.0. The molecule has 7 nitrogen and oxygen atoms in total. The molecule has 0 saturated heterocycles. The smallest absolute Gasteiger partial charge is 0.407 e. The number of alkyl carbamates (subject to hydrolysis) is 1. The third-order valence-electron chi connectivity index (χ3n) is 4.49. The molecule has 0 bridgehead atoms. The third kappa shape index (κ3) is 3.56. The second-order valence-corrected chi connectivity index (χ2v) is 6.89. The van der Waals surface area contributed by atoms with Gasteiger partial charge in [0.2, 0.25) is 5.91 Å². The Morgan fingerprint density at radius 3 is 2.73 bits per heavy atom. The summed E-state index contributed by atoms with van der Waals surface area (Å²) in [5.74, 6) is -0.0157. The topological polar surface area (TPSA) is 87.3 Å². The number of H-pyrrole nitrogens is 1. The number of ether oxygens (including phenoxy) is 1. The van der Waals surface area contributed by atoms with Crippen molar-refractivity contribution in [2.24, 2.45) is 0 Å². The molecule has 0 saturated carbocycles. The zero-order valence-corrected chi connectivity index (χ0v) is 15.4. The Labute approximate surface area is 152 Å². The second-order valence-electron chi connectivity index (χ2n) is 6.89. The maximum atomic E-state index is 12.2. The molecular weight excluding hydrogens is 332 g/mol. The van der Waals surface area contributed by atoms with E-state index in [1.54, 1.807) is 18.0 Å². The molecule has 2 atom stereocenters. The third-order valence-corrected chi connectivity index (χ3v) is 4.49. The fourth-order valence-electron chi connectivity index (χ4n) is 3.46. The Hall–Kier alpha value is -2.83. The number of amides is 2. The van der Waals surface area contributed by atoms with Gasteiger partial charge in [-0.3, -0.25) is 9.89 Å². The number of anilines is 1. The normalized spacial score (nSPS) is 19.2.